The molecular formula is C16H24FNO. The van der Waals surface area contributed by atoms with Gasteiger partial charge in [-0.05, 0) is 49.9 Å². The van der Waals surface area contributed by atoms with Crippen molar-refractivity contribution in [3.8, 4) is 0 Å². The van der Waals surface area contributed by atoms with Crippen LogP contribution in [0.25, 0.3) is 0 Å². The second kappa shape index (κ2) is 6.02. The fraction of sp³-hybridized carbons (Fsp3) is 0.625. The number of nitrogens with two attached hydrogens (primary N) is 1. The number of rotatable bonds is 4. The minimum absolute atomic E-state index is 0.173. The first-order valence-corrected chi connectivity index (χ1v) is 7.24. The third-order valence-electron chi connectivity index (χ3n) is 4.27. The van der Waals surface area contributed by atoms with Crippen molar-refractivity contribution in [2.45, 2.75) is 57.6 Å². The molecule has 0 radical (unpaired) electrons. The highest BCUT2D eigenvalue weighted by Crippen LogP contribution is 2.41. The summed E-state index contributed by atoms with van der Waals surface area (Å²) in [5.41, 5.74) is 8.15. The summed E-state index contributed by atoms with van der Waals surface area (Å²) in [6, 6.07) is 4.68. The van der Waals surface area contributed by atoms with Crippen LogP contribution < -0.4 is 5.73 Å². The molecular weight excluding hydrogens is 241 g/mol. The maximum atomic E-state index is 13.2. The first kappa shape index (κ1) is 14.5. The summed E-state index contributed by atoms with van der Waals surface area (Å²) < 4.78 is 19.3. The van der Waals surface area contributed by atoms with E-state index in [4.69, 9.17) is 10.5 Å². The van der Waals surface area contributed by atoms with Crippen molar-refractivity contribution in [1.82, 2.24) is 0 Å². The predicted octanol–water partition coefficient (Wildman–Crippen LogP) is 3.87. The number of halogens is 1. The highest BCUT2D eigenvalue weighted by atomic mass is 19.1. The fourth-order valence-electron chi connectivity index (χ4n) is 3.25. The monoisotopic (exact) mass is 265 g/mol. The molecule has 1 atom stereocenters. The lowest BCUT2D eigenvalue weighted by Crippen LogP contribution is -2.45. The third kappa shape index (κ3) is 2.98. The van der Waals surface area contributed by atoms with Gasteiger partial charge in [-0.25, -0.2) is 4.39 Å². The Bertz CT molecular complexity index is 421. The van der Waals surface area contributed by atoms with Crippen molar-refractivity contribution in [2.75, 3.05) is 6.61 Å². The van der Waals surface area contributed by atoms with E-state index < -0.39 is 0 Å². The van der Waals surface area contributed by atoms with Crippen LogP contribution >= 0.6 is 0 Å². The molecule has 1 aromatic carbocycles. The molecule has 0 aromatic heterocycles. The maximum absolute atomic E-state index is 13.2. The third-order valence-corrected chi connectivity index (χ3v) is 4.27. The molecule has 0 bridgehead atoms. The second-order valence-corrected chi connectivity index (χ2v) is 5.54. The molecule has 1 unspecified atom stereocenters. The molecule has 0 saturated heterocycles. The predicted molar refractivity (Wildman–Crippen MR) is 75.5 cm³/mol. The summed E-state index contributed by atoms with van der Waals surface area (Å²) in [6.45, 7) is 4.61. The van der Waals surface area contributed by atoms with Gasteiger partial charge in [-0.1, -0.05) is 25.3 Å². The number of hydrogen-bond acceptors (Lipinski definition) is 2. The molecule has 1 aliphatic rings. The van der Waals surface area contributed by atoms with Gasteiger partial charge in [0.25, 0.3) is 0 Å². The Morgan fingerprint density at radius 3 is 2.58 bits per heavy atom. The van der Waals surface area contributed by atoms with Crippen molar-refractivity contribution in [3.05, 3.63) is 35.1 Å². The molecule has 2 N–H and O–H groups in total. The Hall–Kier alpha value is -0.930. The fourth-order valence-corrected chi connectivity index (χ4v) is 3.25. The van der Waals surface area contributed by atoms with Gasteiger partial charge in [0.2, 0.25) is 0 Å². The summed E-state index contributed by atoms with van der Waals surface area (Å²) in [7, 11) is 0. The van der Waals surface area contributed by atoms with Crippen molar-refractivity contribution in [2.24, 2.45) is 5.73 Å². The largest absolute Gasteiger partial charge is 0.373 e. The van der Waals surface area contributed by atoms with E-state index in [1.54, 1.807) is 6.07 Å². The van der Waals surface area contributed by atoms with Crippen molar-refractivity contribution in [3.63, 3.8) is 0 Å². The molecule has 1 aliphatic carbocycles. The molecule has 1 aromatic rings. The summed E-state index contributed by atoms with van der Waals surface area (Å²) in [6.07, 6.45) is 5.57. The van der Waals surface area contributed by atoms with Gasteiger partial charge < -0.3 is 10.5 Å². The molecule has 106 valence electrons. The molecule has 0 heterocycles. The lowest BCUT2D eigenvalue weighted by atomic mass is 9.76. The SMILES string of the molecule is CCOC1(C(N)c2ccc(F)cc2C)CCCCC1. The minimum atomic E-state index is -0.268. The standard InChI is InChI=1S/C16H24FNO/c1-3-19-16(9-5-4-6-10-16)15(18)14-8-7-13(17)11-12(14)2/h7-8,11,15H,3-6,9-10,18H2,1-2H3. The molecule has 2 nitrogen and oxygen atoms in total. The van der Waals surface area contributed by atoms with Crippen LogP contribution in [0.5, 0.6) is 0 Å². The Balaban J connectivity index is 2.30. The number of aryl methyl sites for hydroxylation is 1. The highest BCUT2D eigenvalue weighted by molar-refractivity contribution is 5.31. The van der Waals surface area contributed by atoms with Gasteiger partial charge >= 0.3 is 0 Å². The highest BCUT2D eigenvalue weighted by Gasteiger charge is 2.39. The zero-order valence-electron chi connectivity index (χ0n) is 11.9. The van der Waals surface area contributed by atoms with Crippen LogP contribution in [0.4, 0.5) is 4.39 Å². The van der Waals surface area contributed by atoms with Gasteiger partial charge in [0.1, 0.15) is 5.82 Å². The zero-order chi connectivity index (χ0) is 13.9. The average Bonchev–Trinajstić information content (AvgIpc) is 2.39. The van der Waals surface area contributed by atoms with Gasteiger partial charge in [-0.3, -0.25) is 0 Å². The second-order valence-electron chi connectivity index (χ2n) is 5.54. The normalized spacial score (nSPS) is 20.2. The first-order valence-electron chi connectivity index (χ1n) is 7.24. The van der Waals surface area contributed by atoms with Crippen LogP contribution in [-0.2, 0) is 4.74 Å². The number of hydrogen-bond donors (Lipinski definition) is 1. The topological polar surface area (TPSA) is 35.2 Å². The average molecular weight is 265 g/mol. The van der Waals surface area contributed by atoms with E-state index in [1.165, 1.54) is 12.5 Å². The molecule has 0 amide bonds. The van der Waals surface area contributed by atoms with Crippen LogP contribution in [0.15, 0.2) is 18.2 Å². The van der Waals surface area contributed by atoms with Crippen molar-refractivity contribution >= 4 is 0 Å². The molecule has 0 aliphatic heterocycles. The van der Waals surface area contributed by atoms with E-state index in [0.717, 1.165) is 36.8 Å². The lowest BCUT2D eigenvalue weighted by molar-refractivity contribution is -0.0832. The number of benzene rings is 1. The Labute approximate surface area is 115 Å². The Morgan fingerprint density at radius 2 is 2.00 bits per heavy atom. The van der Waals surface area contributed by atoms with Crippen LogP contribution in [0.2, 0.25) is 0 Å². The molecule has 19 heavy (non-hydrogen) atoms. The lowest BCUT2D eigenvalue weighted by Gasteiger charge is -2.42. The summed E-state index contributed by atoms with van der Waals surface area (Å²) in [4.78, 5) is 0. The van der Waals surface area contributed by atoms with Gasteiger partial charge in [0.15, 0.2) is 0 Å². The van der Waals surface area contributed by atoms with Gasteiger partial charge in [0.05, 0.1) is 11.6 Å². The summed E-state index contributed by atoms with van der Waals surface area (Å²) in [5, 5.41) is 0. The summed E-state index contributed by atoms with van der Waals surface area (Å²) in [5.74, 6) is -0.206. The minimum Gasteiger partial charge on any atom is -0.373 e. The number of ether oxygens (including phenoxy) is 1. The molecule has 0 spiro atoms. The van der Waals surface area contributed by atoms with E-state index in [2.05, 4.69) is 0 Å². The van der Waals surface area contributed by atoms with Crippen LogP contribution in [0.1, 0.15) is 56.2 Å². The van der Waals surface area contributed by atoms with Crippen molar-refractivity contribution < 1.29 is 9.13 Å². The Morgan fingerprint density at radius 1 is 1.32 bits per heavy atom. The van der Waals surface area contributed by atoms with Gasteiger partial charge in [-0.2, -0.15) is 0 Å². The van der Waals surface area contributed by atoms with Gasteiger partial charge in [-0.15, -0.1) is 0 Å². The molecule has 3 heteroatoms. The summed E-state index contributed by atoms with van der Waals surface area (Å²) >= 11 is 0. The van der Waals surface area contributed by atoms with Crippen LogP contribution in [-0.4, -0.2) is 12.2 Å². The quantitative estimate of drug-likeness (QED) is 0.896. The Kier molecular flexibility index (Phi) is 4.58. The van der Waals surface area contributed by atoms with Crippen LogP contribution in [0, 0.1) is 12.7 Å². The molecule has 2 rings (SSSR count). The van der Waals surface area contributed by atoms with E-state index in [-0.39, 0.29) is 17.5 Å². The van der Waals surface area contributed by atoms with E-state index >= 15 is 0 Å². The zero-order valence-corrected chi connectivity index (χ0v) is 11.9. The van der Waals surface area contributed by atoms with Gasteiger partial charge in [0, 0.05) is 6.61 Å². The molecule has 1 saturated carbocycles. The van der Waals surface area contributed by atoms with Crippen LogP contribution in [0.3, 0.4) is 0 Å². The smallest absolute Gasteiger partial charge is 0.123 e. The van der Waals surface area contributed by atoms with E-state index in [0.29, 0.717) is 6.61 Å². The first-order chi connectivity index (χ1) is 9.09. The van der Waals surface area contributed by atoms with E-state index in [1.807, 2.05) is 19.9 Å². The maximum Gasteiger partial charge on any atom is 0.123 e. The van der Waals surface area contributed by atoms with E-state index in [9.17, 15) is 4.39 Å². The van der Waals surface area contributed by atoms with Crippen molar-refractivity contribution in [1.29, 1.82) is 0 Å². The molecule has 1 fully saturated rings.